The predicted molar refractivity (Wildman–Crippen MR) is 400 cm³/mol. The minimum atomic E-state index is -0.348. The van der Waals surface area contributed by atoms with Gasteiger partial charge in [-0.05, 0) is 49.4 Å². The second kappa shape index (κ2) is 13.1. The minimum absolute atomic E-state index is 0. The fraction of sp³-hybridized carbons (Fsp3) is 0.0225. The molecule has 36 aromatic rings. The van der Waals surface area contributed by atoms with E-state index in [0.717, 1.165) is 0 Å². The van der Waals surface area contributed by atoms with Crippen LogP contribution in [0.15, 0.2) is 121 Å². The summed E-state index contributed by atoms with van der Waals surface area (Å²) in [5, 5.41) is 106. The van der Waals surface area contributed by atoms with E-state index >= 15 is 0 Å². The maximum absolute atomic E-state index is 7.50. The average molecular weight is 1300 g/mol. The Morgan fingerprint density at radius 1 is 0.147 bits per heavy atom. The molecule has 3 nitrogen and oxygen atoms in total. The van der Waals surface area contributed by atoms with Crippen molar-refractivity contribution >= 4 is 360 Å². The Labute approximate surface area is 544 Å². The Bertz CT molecular complexity index is 5670. The topological polar surface area (TPSA) is 59.7 Å². The summed E-state index contributed by atoms with van der Waals surface area (Å²) >= 11 is 0. The van der Waals surface area contributed by atoms with Crippen molar-refractivity contribution < 1.29 is 35.0 Å². The van der Waals surface area contributed by atoms with Crippen LogP contribution in [0.25, 0.3) is 323 Å². The van der Waals surface area contributed by atoms with E-state index in [1.54, 1.807) is 323 Å². The first-order chi connectivity index (χ1) is 46.9. The second-order valence-corrected chi connectivity index (χ2v) is 33.8. The molecule has 0 saturated heterocycles. The zero-order valence-corrected chi connectivity index (χ0v) is 52.8. The summed E-state index contributed by atoms with van der Waals surface area (Å²) in [5.41, 5.74) is 0. The minimum Gasteiger partial charge on any atom is -0.0622 e. The smallest absolute Gasteiger partial charge is 0 e. The molecular formula is C89H24MoO3P2. The van der Waals surface area contributed by atoms with Crippen LogP contribution in [-0.4, -0.2) is 12.3 Å². The molecule has 0 N–H and O–H groups in total. The zero-order chi connectivity index (χ0) is 59.7. The first-order valence-electron chi connectivity index (χ1n) is 32.8. The van der Waals surface area contributed by atoms with E-state index in [4.69, 9.17) is 14.0 Å². The number of hydrogen-bond donors (Lipinski definition) is 0. The first kappa shape index (κ1) is 46.0. The average Bonchev–Trinajstić information content (AvgIpc) is 1.39. The van der Waals surface area contributed by atoms with Crippen LogP contribution in [0.5, 0.6) is 0 Å². The molecule has 0 spiro atoms. The van der Waals surface area contributed by atoms with E-state index in [2.05, 4.69) is 141 Å². The van der Waals surface area contributed by atoms with Crippen molar-refractivity contribution in [2.24, 2.45) is 0 Å². The first-order valence-corrected chi connectivity index (χ1v) is 35.8. The Morgan fingerprint density at radius 2 is 0.221 bits per heavy atom. The largest absolute Gasteiger partial charge is 0.0622 e. The maximum Gasteiger partial charge on any atom is 0 e. The summed E-state index contributed by atoms with van der Waals surface area (Å²) in [6, 6.07) is 44.2. The predicted octanol–water partition coefficient (Wildman–Crippen LogP) is 22.9. The summed E-state index contributed by atoms with van der Waals surface area (Å²) in [7, 11) is -0.696. The fourth-order valence-corrected chi connectivity index (χ4v) is 31.3. The van der Waals surface area contributed by atoms with Gasteiger partial charge in [-0.15, -0.1) is 0 Å². The molecule has 0 heterocycles. The second-order valence-electron chi connectivity index (χ2n) is 29.1. The molecule has 0 bridgehead atoms. The summed E-state index contributed by atoms with van der Waals surface area (Å²) in [4.78, 5) is 0. The number of rotatable bonds is 7. The van der Waals surface area contributed by atoms with Gasteiger partial charge in [-0.1, -0.05) is 121 Å². The standard InChI is InChI=1S/C60.C26H24P2.3CO.Mo/c1-2-5-6-3(1)8-12-10-4(1)9-11-7(2)17-21-13(5)23-24-14(6)22-18(8)28-20(12)30-26-16(10)15(9)25-29-19(11)27(17)37-41-31(21)33(23)43-44-34(24)32(22)42-38(28)48-40(30)46-36(26)35(25)45-39(29)47(37)55-49(41)51(43)57-52(44)50(42)56(48)59-54(46)53(45)58(55)60(57)59;1-5-13-23(14-6-1)27(24-15-7-2-8-16-24)21-22-28(25-17-9-3-10-18-25)26-19-11-4-12-20-26;3*1-2;/h;1-20H,21-22H2;;;;. The molecular weight excluding hydrogens is 1270 g/mol. The monoisotopic (exact) mass is 1300 g/mol. The Kier molecular flexibility index (Phi) is 6.33. The molecule has 0 aliphatic carbocycles. The van der Waals surface area contributed by atoms with Crippen LogP contribution in [0.1, 0.15) is 0 Å². The molecule has 6 heteroatoms. The van der Waals surface area contributed by atoms with E-state index in [-0.39, 0.29) is 36.9 Å². The van der Waals surface area contributed by atoms with E-state index in [1.165, 1.54) is 33.5 Å². The van der Waals surface area contributed by atoms with E-state index in [9.17, 15) is 0 Å². The summed E-state index contributed by atoms with van der Waals surface area (Å²) in [6.45, 7) is 13.5. The van der Waals surface area contributed by atoms with Crippen LogP contribution >= 0.6 is 15.8 Å². The summed E-state index contributed by atoms with van der Waals surface area (Å²) in [5.74, 6) is 0. The van der Waals surface area contributed by atoms with Gasteiger partial charge in [0.15, 0.2) is 0 Å². The third-order valence-corrected chi connectivity index (χ3v) is 32.7. The molecule has 0 saturated carbocycles. The van der Waals surface area contributed by atoms with Crippen LogP contribution in [-0.2, 0) is 35.0 Å². The Hall–Kier alpha value is -10.2. The third-order valence-electron chi connectivity index (χ3n) is 27.3. The molecule has 0 atom stereocenters. The molecule has 414 valence electrons. The van der Waals surface area contributed by atoms with E-state index in [0.29, 0.717) is 0 Å². The van der Waals surface area contributed by atoms with Crippen LogP contribution in [0, 0.1) is 20.0 Å². The molecule has 0 aliphatic heterocycles. The van der Waals surface area contributed by atoms with Crippen molar-refractivity contribution in [3.8, 4) is 0 Å². The maximum atomic E-state index is 7.50. The summed E-state index contributed by atoms with van der Waals surface area (Å²) in [6.07, 6.45) is 2.41. The van der Waals surface area contributed by atoms with Gasteiger partial charge in [-0.3, -0.25) is 0 Å². The van der Waals surface area contributed by atoms with Gasteiger partial charge in [0.1, 0.15) is 0 Å². The SMILES string of the molecule is [C-]#[O+].[C-]#[O+].[C-]#[O+].[Mo].c12c3c4c5c1c1c6c7c2c2c8c3c3c9c4c4c%10c5c5c1c1c6c6c%11c7c2c2c7c8c3c3c8c9c4c4c9c%10c5c5c1c1c6c6c%11c2c2c7c3c3c8c4c4c9c5c1c1c6c2c3c41.c1ccc(P(CCP(c2ccccc2)c2ccccc2)c2ccccc2)cc1. The van der Waals surface area contributed by atoms with Crippen LogP contribution in [0.4, 0.5) is 0 Å². The fourth-order valence-electron chi connectivity index (χ4n) is 25.9. The normalized spacial score (nSPS) is 14.7. The van der Waals surface area contributed by atoms with Gasteiger partial charge in [-0.2, -0.15) is 0 Å². The van der Waals surface area contributed by atoms with Crippen molar-refractivity contribution in [1.82, 2.24) is 0 Å². The molecule has 0 aliphatic rings. The molecule has 95 heavy (non-hydrogen) atoms. The van der Waals surface area contributed by atoms with Gasteiger partial charge in [0.25, 0.3) is 0 Å². The van der Waals surface area contributed by atoms with Crippen LogP contribution in [0.3, 0.4) is 0 Å². The van der Waals surface area contributed by atoms with Crippen molar-refractivity contribution in [3.63, 3.8) is 0 Å². The van der Waals surface area contributed by atoms with Crippen molar-refractivity contribution in [2.45, 2.75) is 0 Å². The number of benzene rings is 24. The Morgan fingerprint density at radius 3 is 0.295 bits per heavy atom. The Balaban J connectivity index is 0.000000123. The van der Waals surface area contributed by atoms with Crippen LogP contribution < -0.4 is 21.2 Å². The van der Waals surface area contributed by atoms with Gasteiger partial charge in [-0.25, -0.2) is 0 Å². The van der Waals surface area contributed by atoms with Crippen molar-refractivity contribution in [2.75, 3.05) is 12.3 Å². The van der Waals surface area contributed by atoms with Gasteiger partial charge >= 0.3 is 33.9 Å². The van der Waals surface area contributed by atoms with Gasteiger partial charge in [0, 0.05) is 344 Å². The molecule has 0 radical (unpaired) electrons. The molecule has 0 aromatic heterocycles. The van der Waals surface area contributed by atoms with Gasteiger partial charge in [0.05, 0.1) is 0 Å². The molecule has 0 amide bonds. The molecule has 36 aromatic carbocycles. The molecule has 0 fully saturated rings. The number of hydrogen-bond acceptors (Lipinski definition) is 0. The summed E-state index contributed by atoms with van der Waals surface area (Å²) < 4.78 is 22.5. The van der Waals surface area contributed by atoms with E-state index in [1.807, 2.05) is 0 Å². The molecule has 36 rings (SSSR count). The van der Waals surface area contributed by atoms with Crippen molar-refractivity contribution in [1.29, 1.82) is 0 Å². The van der Waals surface area contributed by atoms with Crippen LogP contribution in [0.2, 0.25) is 0 Å². The van der Waals surface area contributed by atoms with E-state index < -0.39 is 0 Å². The quantitative estimate of drug-likeness (QED) is 0.0502. The van der Waals surface area contributed by atoms with Gasteiger partial charge < -0.3 is 0 Å². The third kappa shape index (κ3) is 3.46. The zero-order valence-electron chi connectivity index (χ0n) is 49.0. The molecule has 0 unspecified atom stereocenters. The van der Waals surface area contributed by atoms with Gasteiger partial charge in [0.2, 0.25) is 0 Å². The van der Waals surface area contributed by atoms with Crippen molar-refractivity contribution in [3.05, 3.63) is 141 Å².